The van der Waals surface area contributed by atoms with Crippen molar-refractivity contribution in [2.45, 2.75) is 31.7 Å². The number of anilines is 1. The Balaban J connectivity index is 1.99. The second-order valence-electron chi connectivity index (χ2n) is 4.65. The van der Waals surface area contributed by atoms with Crippen LogP contribution < -0.4 is 10.6 Å². The van der Waals surface area contributed by atoms with E-state index >= 15 is 0 Å². The average molecular weight is 303 g/mol. The third-order valence-corrected chi connectivity index (χ3v) is 3.24. The molecule has 1 fully saturated rings. The summed E-state index contributed by atoms with van der Waals surface area (Å²) < 4.78 is 27.0. The molecule has 20 heavy (non-hydrogen) atoms. The van der Waals surface area contributed by atoms with Gasteiger partial charge in [-0.2, -0.15) is 0 Å². The van der Waals surface area contributed by atoms with E-state index in [0.29, 0.717) is 19.3 Å². The minimum absolute atomic E-state index is 0.0206. The van der Waals surface area contributed by atoms with Crippen LogP contribution in [0.15, 0.2) is 12.1 Å². The predicted molar refractivity (Wildman–Crippen MR) is 70.4 cm³/mol. The van der Waals surface area contributed by atoms with E-state index in [1.165, 1.54) is 0 Å². The van der Waals surface area contributed by atoms with E-state index in [9.17, 15) is 18.4 Å². The fourth-order valence-corrected chi connectivity index (χ4v) is 2.30. The Hall–Kier alpha value is -1.69. The fourth-order valence-electron chi connectivity index (χ4n) is 2.11. The molecule has 0 saturated carbocycles. The number of halogens is 3. The number of piperidine rings is 1. The highest BCUT2D eigenvalue weighted by Crippen LogP contribution is 2.24. The molecule has 2 amide bonds. The van der Waals surface area contributed by atoms with Crippen LogP contribution >= 0.6 is 11.6 Å². The number of hydrogen-bond donors (Lipinski definition) is 2. The van der Waals surface area contributed by atoms with Gasteiger partial charge in [0.1, 0.15) is 5.69 Å². The molecular weight excluding hydrogens is 290 g/mol. The lowest BCUT2D eigenvalue weighted by Gasteiger charge is -2.22. The molecule has 108 valence electrons. The van der Waals surface area contributed by atoms with Crippen LogP contribution in [0.5, 0.6) is 0 Å². The van der Waals surface area contributed by atoms with Crippen LogP contribution in [0.3, 0.4) is 0 Å². The van der Waals surface area contributed by atoms with Crippen LogP contribution in [0.4, 0.5) is 14.5 Å². The van der Waals surface area contributed by atoms with Gasteiger partial charge in [0.15, 0.2) is 11.6 Å². The summed E-state index contributed by atoms with van der Waals surface area (Å²) in [6.07, 6.45) is 1.80. The van der Waals surface area contributed by atoms with Crippen molar-refractivity contribution in [3.8, 4) is 0 Å². The molecule has 0 radical (unpaired) electrons. The third kappa shape index (κ3) is 3.66. The number of amides is 2. The molecule has 7 heteroatoms. The summed E-state index contributed by atoms with van der Waals surface area (Å²) in [6, 6.07) is 1.54. The normalized spacial score (nSPS) is 18.6. The zero-order valence-corrected chi connectivity index (χ0v) is 11.3. The van der Waals surface area contributed by atoms with Gasteiger partial charge in [-0.1, -0.05) is 11.6 Å². The fraction of sp³-hybridized carbons (Fsp3) is 0.385. The molecule has 1 atom stereocenters. The lowest BCUT2D eigenvalue weighted by molar-refractivity contribution is -0.124. The Labute approximate surface area is 119 Å². The Morgan fingerprint density at radius 1 is 1.40 bits per heavy atom. The summed E-state index contributed by atoms with van der Waals surface area (Å²) in [7, 11) is 0. The number of hydrogen-bond acceptors (Lipinski definition) is 2. The number of benzene rings is 1. The van der Waals surface area contributed by atoms with E-state index in [4.69, 9.17) is 11.6 Å². The first kappa shape index (κ1) is 14.7. The quantitative estimate of drug-likeness (QED) is 0.902. The van der Waals surface area contributed by atoms with Crippen molar-refractivity contribution < 1.29 is 18.4 Å². The molecule has 1 unspecified atom stereocenters. The number of rotatable bonds is 3. The van der Waals surface area contributed by atoms with Gasteiger partial charge in [0, 0.05) is 23.9 Å². The highest BCUT2D eigenvalue weighted by Gasteiger charge is 2.22. The van der Waals surface area contributed by atoms with E-state index in [1.54, 1.807) is 0 Å². The molecule has 0 bridgehead atoms. The highest BCUT2D eigenvalue weighted by molar-refractivity contribution is 6.30. The summed E-state index contributed by atoms with van der Waals surface area (Å²) >= 11 is 5.49. The Bertz CT molecular complexity index is 528. The van der Waals surface area contributed by atoms with Gasteiger partial charge < -0.3 is 10.6 Å². The molecule has 1 aromatic rings. The van der Waals surface area contributed by atoms with Gasteiger partial charge in [0.25, 0.3) is 0 Å². The minimum Gasteiger partial charge on any atom is -0.353 e. The van der Waals surface area contributed by atoms with Crippen molar-refractivity contribution in [1.29, 1.82) is 0 Å². The van der Waals surface area contributed by atoms with E-state index in [1.807, 2.05) is 0 Å². The summed E-state index contributed by atoms with van der Waals surface area (Å²) in [6.45, 7) is 0. The molecule has 4 nitrogen and oxygen atoms in total. The lowest BCUT2D eigenvalue weighted by atomic mass is 10.0. The van der Waals surface area contributed by atoms with E-state index in [0.717, 1.165) is 12.1 Å². The summed E-state index contributed by atoms with van der Waals surface area (Å²) in [4.78, 5) is 22.9. The smallest absolute Gasteiger partial charge is 0.226 e. The van der Waals surface area contributed by atoms with Gasteiger partial charge in [-0.25, -0.2) is 8.78 Å². The van der Waals surface area contributed by atoms with Crippen molar-refractivity contribution in [2.75, 3.05) is 5.32 Å². The molecule has 0 spiro atoms. The Morgan fingerprint density at radius 2 is 2.05 bits per heavy atom. The minimum atomic E-state index is -0.934. The van der Waals surface area contributed by atoms with Crippen LogP contribution in [0.25, 0.3) is 0 Å². The summed E-state index contributed by atoms with van der Waals surface area (Å²) in [5.41, 5.74) is -0.526. The first-order chi connectivity index (χ1) is 9.45. The predicted octanol–water partition coefficient (Wildman–Crippen LogP) is 2.62. The van der Waals surface area contributed by atoms with Crippen LogP contribution in [0.2, 0.25) is 5.02 Å². The van der Waals surface area contributed by atoms with Gasteiger partial charge in [-0.05, 0) is 25.0 Å². The zero-order valence-electron chi connectivity index (χ0n) is 10.5. The first-order valence-corrected chi connectivity index (χ1v) is 6.57. The summed E-state index contributed by atoms with van der Waals surface area (Å²) in [5, 5.41) is 4.75. The van der Waals surface area contributed by atoms with E-state index in [2.05, 4.69) is 10.6 Å². The molecule has 1 saturated heterocycles. The third-order valence-electron chi connectivity index (χ3n) is 3.02. The van der Waals surface area contributed by atoms with Gasteiger partial charge in [0.2, 0.25) is 11.8 Å². The maximum absolute atomic E-state index is 13.5. The molecule has 1 aromatic carbocycles. The van der Waals surface area contributed by atoms with Gasteiger partial charge in [0.05, 0.1) is 0 Å². The Morgan fingerprint density at radius 3 is 2.65 bits per heavy atom. The van der Waals surface area contributed by atoms with Crippen LogP contribution in [-0.4, -0.2) is 17.9 Å². The van der Waals surface area contributed by atoms with Crippen molar-refractivity contribution >= 4 is 29.1 Å². The highest BCUT2D eigenvalue weighted by atomic mass is 35.5. The molecular formula is C13H13ClF2N2O2. The lowest BCUT2D eigenvalue weighted by Crippen LogP contribution is -2.40. The number of carbonyl (C=O) groups is 2. The van der Waals surface area contributed by atoms with E-state index < -0.39 is 23.2 Å². The van der Waals surface area contributed by atoms with Crippen molar-refractivity contribution in [3.05, 3.63) is 28.8 Å². The molecule has 2 N–H and O–H groups in total. The Kier molecular flexibility index (Phi) is 4.54. The maximum atomic E-state index is 13.5. The SMILES string of the molecule is O=C(CC1CCCC(=O)N1)Nc1c(F)cc(Cl)cc1F. The van der Waals surface area contributed by atoms with E-state index in [-0.39, 0.29) is 23.4 Å². The van der Waals surface area contributed by atoms with Crippen LogP contribution in [0, 0.1) is 11.6 Å². The largest absolute Gasteiger partial charge is 0.353 e. The van der Waals surface area contributed by atoms with Crippen molar-refractivity contribution in [1.82, 2.24) is 5.32 Å². The topological polar surface area (TPSA) is 58.2 Å². The van der Waals surface area contributed by atoms with Crippen molar-refractivity contribution in [3.63, 3.8) is 0 Å². The average Bonchev–Trinajstić information content (AvgIpc) is 2.33. The van der Waals surface area contributed by atoms with Gasteiger partial charge in [-0.15, -0.1) is 0 Å². The molecule has 1 aliphatic heterocycles. The van der Waals surface area contributed by atoms with Crippen LogP contribution in [0.1, 0.15) is 25.7 Å². The standard InChI is InChI=1S/C13H13ClF2N2O2/c14-7-4-9(15)13(10(16)5-7)18-12(20)6-8-2-1-3-11(19)17-8/h4-5,8H,1-3,6H2,(H,17,19)(H,18,20). The monoisotopic (exact) mass is 302 g/mol. The summed E-state index contributed by atoms with van der Waals surface area (Å²) in [5.74, 6) is -2.54. The zero-order chi connectivity index (χ0) is 14.7. The molecule has 1 heterocycles. The molecule has 0 aromatic heterocycles. The molecule has 0 aliphatic carbocycles. The second kappa shape index (κ2) is 6.17. The number of nitrogens with one attached hydrogen (secondary N) is 2. The maximum Gasteiger partial charge on any atom is 0.226 e. The second-order valence-corrected chi connectivity index (χ2v) is 5.09. The van der Waals surface area contributed by atoms with Crippen molar-refractivity contribution in [2.24, 2.45) is 0 Å². The van der Waals surface area contributed by atoms with Crippen LogP contribution in [-0.2, 0) is 9.59 Å². The first-order valence-electron chi connectivity index (χ1n) is 6.19. The van der Waals surface area contributed by atoms with Gasteiger partial charge in [-0.3, -0.25) is 9.59 Å². The number of carbonyl (C=O) groups excluding carboxylic acids is 2. The molecule has 2 rings (SSSR count). The van der Waals surface area contributed by atoms with Gasteiger partial charge >= 0.3 is 0 Å². The molecule has 1 aliphatic rings.